The van der Waals surface area contributed by atoms with Crippen LogP contribution in [0.4, 0.5) is 0 Å². The molecule has 2 heterocycles. The highest BCUT2D eigenvalue weighted by Crippen LogP contribution is 2.35. The van der Waals surface area contributed by atoms with Crippen LogP contribution in [0.15, 0.2) is 30.3 Å². The van der Waals surface area contributed by atoms with Crippen molar-refractivity contribution in [2.24, 2.45) is 11.8 Å². The average Bonchev–Trinajstić information content (AvgIpc) is 3.45. The molecular weight excluding hydrogens is 312 g/mol. The molecule has 25 heavy (non-hydrogen) atoms. The normalized spacial score (nSPS) is 26.5. The minimum absolute atomic E-state index is 0.301. The van der Waals surface area contributed by atoms with Gasteiger partial charge in [-0.1, -0.05) is 30.3 Å². The molecule has 2 aliphatic heterocycles. The summed E-state index contributed by atoms with van der Waals surface area (Å²) in [6.07, 6.45) is 6.65. The average molecular weight is 340 g/mol. The van der Waals surface area contributed by atoms with E-state index in [0.717, 1.165) is 45.3 Å². The van der Waals surface area contributed by atoms with Crippen LogP contribution in [0.2, 0.25) is 0 Å². The van der Waals surface area contributed by atoms with Crippen LogP contribution in [-0.2, 0) is 16.0 Å². The number of hydrogen-bond donors (Lipinski definition) is 0. The van der Waals surface area contributed by atoms with Crippen LogP contribution in [0.5, 0.6) is 0 Å². The van der Waals surface area contributed by atoms with E-state index in [1.807, 2.05) is 6.07 Å². The zero-order valence-electron chi connectivity index (χ0n) is 14.9. The van der Waals surface area contributed by atoms with Crippen molar-refractivity contribution in [2.45, 2.75) is 51.0 Å². The Morgan fingerprint density at radius 3 is 2.64 bits per heavy atom. The van der Waals surface area contributed by atoms with Crippen molar-refractivity contribution in [3.8, 4) is 0 Å². The molecule has 4 nitrogen and oxygen atoms in total. The topological polar surface area (TPSA) is 40.6 Å². The Morgan fingerprint density at radius 2 is 1.88 bits per heavy atom. The van der Waals surface area contributed by atoms with Crippen LogP contribution in [0, 0.1) is 11.8 Å². The maximum Gasteiger partial charge on any atom is 0.222 e. The number of benzene rings is 1. The SMILES string of the molecule is O=C(CC1CC1)N1CC[C@H]2[C@H](CCC(=O)N2CCc2ccccc2)C1. The molecule has 1 aliphatic carbocycles. The highest BCUT2D eigenvalue weighted by Gasteiger charge is 2.40. The molecule has 0 radical (unpaired) electrons. The Kier molecular flexibility index (Phi) is 4.78. The Morgan fingerprint density at radius 1 is 1.08 bits per heavy atom. The number of nitrogens with zero attached hydrogens (tertiary/aromatic N) is 2. The number of hydrogen-bond acceptors (Lipinski definition) is 2. The fraction of sp³-hybridized carbons (Fsp3) is 0.619. The van der Waals surface area contributed by atoms with Crippen LogP contribution in [0.25, 0.3) is 0 Å². The van der Waals surface area contributed by atoms with Gasteiger partial charge >= 0.3 is 0 Å². The standard InChI is InChI=1S/C21H28N2O2/c24-20-9-8-18-15-22(21(25)14-17-6-7-17)12-11-19(18)23(20)13-10-16-4-2-1-3-5-16/h1-5,17-19H,6-15H2/t18-,19+/m1/s1. The number of rotatable bonds is 5. The van der Waals surface area contributed by atoms with E-state index in [-0.39, 0.29) is 0 Å². The number of fused-ring (bicyclic) bond motifs is 1. The number of carbonyl (C=O) groups is 2. The van der Waals surface area contributed by atoms with Crippen LogP contribution < -0.4 is 0 Å². The van der Waals surface area contributed by atoms with Crippen molar-refractivity contribution < 1.29 is 9.59 Å². The van der Waals surface area contributed by atoms with E-state index < -0.39 is 0 Å². The third-order valence-electron chi connectivity index (χ3n) is 6.14. The van der Waals surface area contributed by atoms with Crippen molar-refractivity contribution in [2.75, 3.05) is 19.6 Å². The van der Waals surface area contributed by atoms with Gasteiger partial charge in [0.2, 0.25) is 11.8 Å². The van der Waals surface area contributed by atoms with Gasteiger partial charge in [-0.05, 0) is 49.5 Å². The molecule has 0 aromatic heterocycles. The first-order valence-electron chi connectivity index (χ1n) is 9.82. The molecule has 2 atom stereocenters. The van der Waals surface area contributed by atoms with Gasteiger partial charge < -0.3 is 9.80 Å². The van der Waals surface area contributed by atoms with Gasteiger partial charge in [0.05, 0.1) is 0 Å². The molecule has 1 aromatic rings. The minimum atomic E-state index is 0.301. The predicted octanol–water partition coefficient (Wildman–Crippen LogP) is 2.87. The summed E-state index contributed by atoms with van der Waals surface area (Å²) in [5.74, 6) is 1.76. The van der Waals surface area contributed by atoms with Gasteiger partial charge in [-0.3, -0.25) is 9.59 Å². The zero-order valence-corrected chi connectivity index (χ0v) is 14.9. The minimum Gasteiger partial charge on any atom is -0.342 e. The Bertz CT molecular complexity index is 626. The van der Waals surface area contributed by atoms with Gasteiger partial charge in [0, 0.05) is 38.5 Å². The lowest BCUT2D eigenvalue weighted by molar-refractivity contribution is -0.144. The fourth-order valence-electron chi connectivity index (χ4n) is 4.46. The van der Waals surface area contributed by atoms with Gasteiger partial charge in [0.15, 0.2) is 0 Å². The molecule has 2 amide bonds. The predicted molar refractivity (Wildman–Crippen MR) is 96.9 cm³/mol. The van der Waals surface area contributed by atoms with Crippen molar-refractivity contribution in [3.63, 3.8) is 0 Å². The van der Waals surface area contributed by atoms with Crippen molar-refractivity contribution in [1.82, 2.24) is 9.80 Å². The van der Waals surface area contributed by atoms with Crippen molar-refractivity contribution in [3.05, 3.63) is 35.9 Å². The van der Waals surface area contributed by atoms with E-state index in [2.05, 4.69) is 34.1 Å². The fourth-order valence-corrected chi connectivity index (χ4v) is 4.46. The monoisotopic (exact) mass is 340 g/mol. The summed E-state index contributed by atoms with van der Waals surface area (Å²) in [6, 6.07) is 10.7. The molecule has 0 N–H and O–H groups in total. The quantitative estimate of drug-likeness (QED) is 0.827. The van der Waals surface area contributed by atoms with E-state index in [1.54, 1.807) is 0 Å². The van der Waals surface area contributed by atoms with Gasteiger partial charge in [0.1, 0.15) is 0 Å². The first-order chi connectivity index (χ1) is 12.2. The van der Waals surface area contributed by atoms with Crippen LogP contribution in [-0.4, -0.2) is 47.3 Å². The molecule has 1 saturated carbocycles. The van der Waals surface area contributed by atoms with Crippen LogP contribution in [0.3, 0.4) is 0 Å². The van der Waals surface area contributed by atoms with Gasteiger partial charge in [0.25, 0.3) is 0 Å². The maximum atomic E-state index is 12.5. The molecule has 4 rings (SSSR count). The zero-order chi connectivity index (χ0) is 17.2. The number of piperidine rings is 2. The number of amides is 2. The third-order valence-corrected chi connectivity index (χ3v) is 6.14. The molecule has 4 heteroatoms. The molecule has 0 spiro atoms. The molecule has 1 aromatic carbocycles. The summed E-state index contributed by atoms with van der Waals surface area (Å²) in [4.78, 5) is 29.1. The largest absolute Gasteiger partial charge is 0.342 e. The Hall–Kier alpha value is -1.84. The van der Waals surface area contributed by atoms with E-state index in [1.165, 1.54) is 18.4 Å². The summed E-state index contributed by atoms with van der Waals surface area (Å²) >= 11 is 0. The van der Waals surface area contributed by atoms with Crippen LogP contribution in [0.1, 0.15) is 44.1 Å². The molecule has 2 saturated heterocycles. The lowest BCUT2D eigenvalue weighted by atomic mass is 9.83. The van der Waals surface area contributed by atoms with Crippen LogP contribution >= 0.6 is 0 Å². The molecule has 3 aliphatic rings. The maximum absolute atomic E-state index is 12.5. The lowest BCUT2D eigenvalue weighted by Crippen LogP contribution is -2.57. The summed E-state index contributed by atoms with van der Waals surface area (Å²) in [7, 11) is 0. The number of carbonyl (C=O) groups excluding carboxylic acids is 2. The van der Waals surface area contributed by atoms with E-state index in [0.29, 0.717) is 36.1 Å². The summed E-state index contributed by atoms with van der Waals surface area (Å²) in [5, 5.41) is 0. The lowest BCUT2D eigenvalue weighted by Gasteiger charge is -2.47. The van der Waals surface area contributed by atoms with Crippen molar-refractivity contribution >= 4 is 11.8 Å². The highest BCUT2D eigenvalue weighted by molar-refractivity contribution is 5.78. The molecule has 0 unspecified atom stereocenters. The van der Waals surface area contributed by atoms with Crippen molar-refractivity contribution in [1.29, 1.82) is 0 Å². The van der Waals surface area contributed by atoms with E-state index in [4.69, 9.17) is 0 Å². The molecule has 0 bridgehead atoms. The van der Waals surface area contributed by atoms with E-state index in [9.17, 15) is 9.59 Å². The second-order valence-corrected chi connectivity index (χ2v) is 7.96. The highest BCUT2D eigenvalue weighted by atomic mass is 16.2. The third kappa shape index (κ3) is 3.88. The Labute approximate surface area is 150 Å². The first kappa shape index (κ1) is 16.6. The smallest absolute Gasteiger partial charge is 0.222 e. The molecule has 134 valence electrons. The van der Waals surface area contributed by atoms with Gasteiger partial charge in [-0.15, -0.1) is 0 Å². The Balaban J connectivity index is 1.36. The summed E-state index contributed by atoms with van der Waals surface area (Å²) < 4.78 is 0. The second-order valence-electron chi connectivity index (χ2n) is 7.96. The first-order valence-corrected chi connectivity index (χ1v) is 9.82. The van der Waals surface area contributed by atoms with Gasteiger partial charge in [-0.2, -0.15) is 0 Å². The number of likely N-dealkylation sites (tertiary alicyclic amines) is 2. The summed E-state index contributed by atoms with van der Waals surface area (Å²) in [6.45, 7) is 2.48. The summed E-state index contributed by atoms with van der Waals surface area (Å²) in [5.41, 5.74) is 1.29. The molecule has 3 fully saturated rings. The molecular formula is C21H28N2O2. The van der Waals surface area contributed by atoms with E-state index >= 15 is 0 Å². The second kappa shape index (κ2) is 7.19. The van der Waals surface area contributed by atoms with Gasteiger partial charge in [-0.25, -0.2) is 0 Å².